The smallest absolute Gasteiger partial charge is 0.0982 e. The molecular weight excluding hydrogens is 166 g/mol. The van der Waals surface area contributed by atoms with Crippen molar-refractivity contribution in [1.29, 1.82) is 0 Å². The van der Waals surface area contributed by atoms with Gasteiger partial charge in [0.15, 0.2) is 0 Å². The van der Waals surface area contributed by atoms with Crippen LogP contribution in [0.15, 0.2) is 6.20 Å². The number of ether oxygens (including phenoxy) is 1. The third kappa shape index (κ3) is 1.59. The number of aromatic nitrogens is 2. The standard InChI is InChI=1S/C9H15N3O/c1-7-8(5-11-12(7)2)9-6-10-3-4-13-9/h5,9-10H,3-4,6H2,1-2H3. The van der Waals surface area contributed by atoms with Crippen molar-refractivity contribution in [3.8, 4) is 0 Å². The van der Waals surface area contributed by atoms with Crippen LogP contribution < -0.4 is 5.32 Å². The van der Waals surface area contributed by atoms with Crippen molar-refractivity contribution < 1.29 is 4.74 Å². The fraction of sp³-hybridized carbons (Fsp3) is 0.667. The van der Waals surface area contributed by atoms with Crippen LogP contribution in [-0.2, 0) is 11.8 Å². The van der Waals surface area contributed by atoms with Crippen LogP contribution in [0, 0.1) is 6.92 Å². The normalized spacial score (nSPS) is 23.4. The summed E-state index contributed by atoms with van der Waals surface area (Å²) in [7, 11) is 1.95. The number of nitrogens with zero attached hydrogens (tertiary/aromatic N) is 2. The van der Waals surface area contributed by atoms with Crippen LogP contribution in [-0.4, -0.2) is 29.5 Å². The lowest BCUT2D eigenvalue weighted by atomic mass is 10.1. The zero-order valence-electron chi connectivity index (χ0n) is 8.08. The molecule has 0 radical (unpaired) electrons. The summed E-state index contributed by atoms with van der Waals surface area (Å²) in [4.78, 5) is 0. The Bertz CT molecular complexity index is 289. The first-order chi connectivity index (χ1) is 6.29. The molecule has 0 saturated carbocycles. The zero-order chi connectivity index (χ0) is 9.26. The Labute approximate surface area is 77.9 Å². The predicted octanol–water partition coefficient (Wildman–Crippen LogP) is 0.389. The molecule has 0 bridgehead atoms. The number of aryl methyl sites for hydroxylation is 1. The summed E-state index contributed by atoms with van der Waals surface area (Å²) in [5.74, 6) is 0. The van der Waals surface area contributed by atoms with Gasteiger partial charge in [0, 0.05) is 31.4 Å². The lowest BCUT2D eigenvalue weighted by Gasteiger charge is -2.23. The van der Waals surface area contributed by atoms with Gasteiger partial charge in [-0.15, -0.1) is 0 Å². The number of nitrogens with one attached hydrogen (secondary N) is 1. The van der Waals surface area contributed by atoms with E-state index in [1.807, 2.05) is 17.9 Å². The van der Waals surface area contributed by atoms with Crippen LogP contribution in [0.4, 0.5) is 0 Å². The van der Waals surface area contributed by atoms with Gasteiger partial charge in [-0.05, 0) is 6.92 Å². The van der Waals surface area contributed by atoms with E-state index in [9.17, 15) is 0 Å². The van der Waals surface area contributed by atoms with Gasteiger partial charge in [0.1, 0.15) is 0 Å². The number of hydrogen-bond donors (Lipinski definition) is 1. The van der Waals surface area contributed by atoms with Gasteiger partial charge in [0.05, 0.1) is 18.9 Å². The Hall–Kier alpha value is -0.870. The molecule has 1 N–H and O–H groups in total. The average Bonchev–Trinajstić information content (AvgIpc) is 2.49. The molecule has 1 aromatic rings. The maximum atomic E-state index is 5.64. The van der Waals surface area contributed by atoms with Crippen molar-refractivity contribution in [2.75, 3.05) is 19.7 Å². The highest BCUT2D eigenvalue weighted by atomic mass is 16.5. The van der Waals surface area contributed by atoms with E-state index in [0.717, 1.165) is 19.7 Å². The van der Waals surface area contributed by atoms with Crippen LogP contribution in [0.2, 0.25) is 0 Å². The van der Waals surface area contributed by atoms with Crippen molar-refractivity contribution in [1.82, 2.24) is 15.1 Å². The number of hydrogen-bond acceptors (Lipinski definition) is 3. The highest BCUT2D eigenvalue weighted by Crippen LogP contribution is 2.21. The maximum absolute atomic E-state index is 5.64. The predicted molar refractivity (Wildman–Crippen MR) is 49.5 cm³/mol. The van der Waals surface area contributed by atoms with E-state index >= 15 is 0 Å². The van der Waals surface area contributed by atoms with Crippen LogP contribution in [0.5, 0.6) is 0 Å². The minimum absolute atomic E-state index is 0.183. The summed E-state index contributed by atoms with van der Waals surface area (Å²) in [6.45, 7) is 4.71. The molecule has 0 amide bonds. The van der Waals surface area contributed by atoms with E-state index in [0.29, 0.717) is 0 Å². The largest absolute Gasteiger partial charge is 0.371 e. The molecule has 13 heavy (non-hydrogen) atoms. The average molecular weight is 181 g/mol. The SMILES string of the molecule is Cc1c(C2CNCCO2)cnn1C. The third-order valence-electron chi connectivity index (χ3n) is 2.55. The Balaban J connectivity index is 2.18. The van der Waals surface area contributed by atoms with Crippen LogP contribution >= 0.6 is 0 Å². The second-order valence-corrected chi connectivity index (χ2v) is 3.37. The Morgan fingerprint density at radius 3 is 3.08 bits per heavy atom. The molecule has 0 aromatic carbocycles. The van der Waals surface area contributed by atoms with Gasteiger partial charge in [0.25, 0.3) is 0 Å². The molecule has 1 atom stereocenters. The van der Waals surface area contributed by atoms with E-state index in [2.05, 4.69) is 17.3 Å². The van der Waals surface area contributed by atoms with Crippen molar-refractivity contribution in [3.05, 3.63) is 17.5 Å². The van der Waals surface area contributed by atoms with Crippen LogP contribution in [0.1, 0.15) is 17.4 Å². The second kappa shape index (κ2) is 3.47. The van der Waals surface area contributed by atoms with Crippen LogP contribution in [0.3, 0.4) is 0 Å². The summed E-state index contributed by atoms with van der Waals surface area (Å²) in [6, 6.07) is 0. The van der Waals surface area contributed by atoms with Crippen molar-refractivity contribution >= 4 is 0 Å². The Kier molecular flexibility index (Phi) is 2.33. The second-order valence-electron chi connectivity index (χ2n) is 3.37. The van der Waals surface area contributed by atoms with Gasteiger partial charge >= 0.3 is 0 Å². The highest BCUT2D eigenvalue weighted by Gasteiger charge is 2.19. The van der Waals surface area contributed by atoms with E-state index in [1.54, 1.807) is 0 Å². The minimum atomic E-state index is 0.183. The first-order valence-corrected chi connectivity index (χ1v) is 4.60. The molecule has 2 rings (SSSR count). The molecular formula is C9H15N3O. The Morgan fingerprint density at radius 1 is 1.69 bits per heavy atom. The molecule has 2 heterocycles. The molecule has 1 fully saturated rings. The zero-order valence-corrected chi connectivity index (χ0v) is 8.08. The maximum Gasteiger partial charge on any atom is 0.0982 e. The lowest BCUT2D eigenvalue weighted by Crippen LogP contribution is -2.33. The third-order valence-corrected chi connectivity index (χ3v) is 2.55. The van der Waals surface area contributed by atoms with Crippen LogP contribution in [0.25, 0.3) is 0 Å². The summed E-state index contributed by atoms with van der Waals surface area (Å²) < 4.78 is 7.52. The summed E-state index contributed by atoms with van der Waals surface area (Å²) in [6.07, 6.45) is 2.08. The van der Waals surface area contributed by atoms with Crippen molar-refractivity contribution in [3.63, 3.8) is 0 Å². The van der Waals surface area contributed by atoms with Gasteiger partial charge in [-0.25, -0.2) is 0 Å². The molecule has 1 aliphatic rings. The molecule has 0 spiro atoms. The van der Waals surface area contributed by atoms with Crippen molar-refractivity contribution in [2.45, 2.75) is 13.0 Å². The number of morpholine rings is 1. The highest BCUT2D eigenvalue weighted by molar-refractivity contribution is 5.19. The molecule has 4 heteroatoms. The van der Waals surface area contributed by atoms with E-state index < -0.39 is 0 Å². The number of rotatable bonds is 1. The van der Waals surface area contributed by atoms with Crippen molar-refractivity contribution in [2.24, 2.45) is 7.05 Å². The molecule has 72 valence electrons. The van der Waals surface area contributed by atoms with E-state index in [-0.39, 0.29) is 6.10 Å². The first-order valence-electron chi connectivity index (χ1n) is 4.60. The summed E-state index contributed by atoms with van der Waals surface area (Å²) >= 11 is 0. The summed E-state index contributed by atoms with van der Waals surface area (Å²) in [5, 5.41) is 7.51. The topological polar surface area (TPSA) is 39.1 Å². The van der Waals surface area contributed by atoms with Gasteiger partial charge in [-0.3, -0.25) is 4.68 Å². The fourth-order valence-electron chi connectivity index (χ4n) is 1.60. The lowest BCUT2D eigenvalue weighted by molar-refractivity contribution is 0.0272. The molecule has 1 aliphatic heterocycles. The van der Waals surface area contributed by atoms with Gasteiger partial charge < -0.3 is 10.1 Å². The van der Waals surface area contributed by atoms with Gasteiger partial charge in [-0.2, -0.15) is 5.10 Å². The fourth-order valence-corrected chi connectivity index (χ4v) is 1.60. The Morgan fingerprint density at radius 2 is 2.54 bits per heavy atom. The quantitative estimate of drug-likeness (QED) is 0.681. The van der Waals surface area contributed by atoms with Gasteiger partial charge in [-0.1, -0.05) is 0 Å². The molecule has 1 unspecified atom stereocenters. The van der Waals surface area contributed by atoms with Gasteiger partial charge in [0.2, 0.25) is 0 Å². The molecule has 1 saturated heterocycles. The summed E-state index contributed by atoms with van der Waals surface area (Å²) in [5.41, 5.74) is 2.39. The van der Waals surface area contributed by atoms with E-state index in [4.69, 9.17) is 4.74 Å². The minimum Gasteiger partial charge on any atom is -0.371 e. The monoisotopic (exact) mass is 181 g/mol. The van der Waals surface area contributed by atoms with E-state index in [1.165, 1.54) is 11.3 Å². The first kappa shape index (κ1) is 8.72. The molecule has 4 nitrogen and oxygen atoms in total. The molecule has 0 aliphatic carbocycles. The molecule has 1 aromatic heterocycles.